The molecule has 3 fully saturated rings. The lowest BCUT2D eigenvalue weighted by molar-refractivity contribution is -0.134. The van der Waals surface area contributed by atoms with Crippen molar-refractivity contribution < 1.29 is 19.1 Å². The first-order valence-corrected chi connectivity index (χ1v) is 9.79. The molecule has 4 rings (SSSR count). The number of piperidine rings is 1. The summed E-state index contributed by atoms with van der Waals surface area (Å²) in [4.78, 5) is 31.1. The topological polar surface area (TPSA) is 80.8 Å². The number of likely N-dealkylation sites (tertiary alicyclic amines) is 1. The van der Waals surface area contributed by atoms with Gasteiger partial charge in [-0.05, 0) is 31.4 Å². The zero-order valence-electron chi connectivity index (χ0n) is 15.7. The van der Waals surface area contributed by atoms with E-state index in [2.05, 4.69) is 10.3 Å². The van der Waals surface area contributed by atoms with Gasteiger partial charge in [0, 0.05) is 68.6 Å². The molecule has 1 aliphatic carbocycles. The Kier molecular flexibility index (Phi) is 5.41. The number of hydrogen-bond acceptors (Lipinski definition) is 5. The molecule has 0 spiro atoms. The van der Waals surface area contributed by atoms with Gasteiger partial charge in [-0.15, -0.1) is 0 Å². The molecule has 146 valence electrons. The van der Waals surface area contributed by atoms with Crippen LogP contribution in [0.15, 0.2) is 24.5 Å². The van der Waals surface area contributed by atoms with Crippen LogP contribution in [0.1, 0.15) is 29.6 Å². The van der Waals surface area contributed by atoms with E-state index in [1.807, 2.05) is 4.90 Å². The number of methoxy groups -OCH3 is 1. The summed E-state index contributed by atoms with van der Waals surface area (Å²) >= 11 is 0. The predicted octanol–water partition coefficient (Wildman–Crippen LogP) is 1.10. The van der Waals surface area contributed by atoms with Gasteiger partial charge in [0.25, 0.3) is 5.91 Å². The van der Waals surface area contributed by atoms with Gasteiger partial charge in [-0.25, -0.2) is 0 Å². The van der Waals surface area contributed by atoms with Crippen LogP contribution in [-0.2, 0) is 14.3 Å². The molecule has 27 heavy (non-hydrogen) atoms. The number of ether oxygens (including phenoxy) is 2. The number of rotatable bonds is 5. The molecule has 0 bridgehead atoms. The van der Waals surface area contributed by atoms with E-state index in [0.717, 1.165) is 13.0 Å². The van der Waals surface area contributed by atoms with Gasteiger partial charge in [0.1, 0.15) is 0 Å². The van der Waals surface area contributed by atoms with Gasteiger partial charge >= 0.3 is 0 Å². The van der Waals surface area contributed by atoms with Crippen molar-refractivity contribution >= 4 is 11.8 Å². The van der Waals surface area contributed by atoms with E-state index in [0.29, 0.717) is 44.0 Å². The van der Waals surface area contributed by atoms with Crippen LogP contribution in [-0.4, -0.2) is 67.3 Å². The molecule has 7 nitrogen and oxygen atoms in total. The highest BCUT2D eigenvalue weighted by Gasteiger charge is 2.54. The summed E-state index contributed by atoms with van der Waals surface area (Å²) in [5.74, 6) is 0.766. The van der Waals surface area contributed by atoms with Crippen molar-refractivity contribution in [1.82, 2.24) is 15.2 Å². The second-order valence-electron chi connectivity index (χ2n) is 7.74. The van der Waals surface area contributed by atoms with Crippen LogP contribution >= 0.6 is 0 Å². The molecule has 3 aliphatic rings. The number of carbonyl (C=O) groups excluding carboxylic acids is 2. The van der Waals surface area contributed by atoms with E-state index in [9.17, 15) is 9.59 Å². The van der Waals surface area contributed by atoms with E-state index in [1.165, 1.54) is 0 Å². The molecular weight excluding hydrogens is 346 g/mol. The molecule has 0 unspecified atom stereocenters. The highest BCUT2D eigenvalue weighted by atomic mass is 16.5. The summed E-state index contributed by atoms with van der Waals surface area (Å²) in [6, 6.07) is 3.61. The monoisotopic (exact) mass is 373 g/mol. The molecule has 2 saturated heterocycles. The first kappa shape index (κ1) is 18.4. The van der Waals surface area contributed by atoms with Crippen LogP contribution in [0.5, 0.6) is 0 Å². The van der Waals surface area contributed by atoms with Crippen molar-refractivity contribution in [2.24, 2.45) is 17.8 Å². The SMILES string of the molecule is COC[C@H]1[C@@H](NC(=O)C2CCN(C(=O)c3ccncc3)CC2)[C@H]2CCO[C@H]21. The van der Waals surface area contributed by atoms with E-state index in [4.69, 9.17) is 9.47 Å². The molecule has 1 saturated carbocycles. The van der Waals surface area contributed by atoms with Gasteiger partial charge < -0.3 is 19.7 Å². The fourth-order valence-corrected chi connectivity index (χ4v) is 4.74. The molecule has 1 aromatic heterocycles. The summed E-state index contributed by atoms with van der Waals surface area (Å²) in [6.45, 7) is 2.61. The van der Waals surface area contributed by atoms with Gasteiger partial charge in [0.05, 0.1) is 12.7 Å². The Morgan fingerprint density at radius 2 is 2.00 bits per heavy atom. The molecule has 1 N–H and O–H groups in total. The minimum absolute atomic E-state index is 0.0151. The predicted molar refractivity (Wildman–Crippen MR) is 98.0 cm³/mol. The lowest BCUT2D eigenvalue weighted by Gasteiger charge is -2.48. The molecule has 2 amide bonds. The Morgan fingerprint density at radius 3 is 2.70 bits per heavy atom. The molecule has 1 aromatic rings. The minimum atomic E-state index is -0.0314. The number of carbonyl (C=O) groups is 2. The highest BCUT2D eigenvalue weighted by molar-refractivity contribution is 5.94. The van der Waals surface area contributed by atoms with Crippen LogP contribution in [0.4, 0.5) is 0 Å². The average molecular weight is 373 g/mol. The Hall–Kier alpha value is -1.99. The molecule has 0 radical (unpaired) electrons. The van der Waals surface area contributed by atoms with Gasteiger partial charge in [-0.3, -0.25) is 14.6 Å². The summed E-state index contributed by atoms with van der Waals surface area (Å²) < 4.78 is 11.1. The Labute approximate surface area is 159 Å². The number of hydrogen-bond donors (Lipinski definition) is 1. The van der Waals surface area contributed by atoms with Crippen LogP contribution in [0, 0.1) is 17.8 Å². The maximum absolute atomic E-state index is 12.8. The van der Waals surface area contributed by atoms with E-state index >= 15 is 0 Å². The molecular formula is C20H27N3O4. The van der Waals surface area contributed by atoms with Crippen molar-refractivity contribution in [3.05, 3.63) is 30.1 Å². The zero-order valence-corrected chi connectivity index (χ0v) is 15.7. The first-order valence-electron chi connectivity index (χ1n) is 9.79. The molecule has 0 aromatic carbocycles. The smallest absolute Gasteiger partial charge is 0.253 e. The quantitative estimate of drug-likeness (QED) is 0.836. The third kappa shape index (κ3) is 3.58. The van der Waals surface area contributed by atoms with E-state index in [-0.39, 0.29) is 35.8 Å². The van der Waals surface area contributed by atoms with Crippen molar-refractivity contribution in [3.63, 3.8) is 0 Å². The molecule has 2 aliphatic heterocycles. The number of nitrogens with zero attached hydrogens (tertiary/aromatic N) is 2. The summed E-state index contributed by atoms with van der Waals surface area (Å²) in [6.07, 6.45) is 5.90. The zero-order chi connectivity index (χ0) is 18.8. The van der Waals surface area contributed by atoms with Crippen molar-refractivity contribution in [2.75, 3.05) is 33.4 Å². The maximum Gasteiger partial charge on any atom is 0.253 e. The number of amides is 2. The van der Waals surface area contributed by atoms with Gasteiger partial charge in [0.15, 0.2) is 0 Å². The number of pyridine rings is 1. The highest BCUT2D eigenvalue weighted by Crippen LogP contribution is 2.44. The maximum atomic E-state index is 12.8. The Balaban J connectivity index is 1.29. The largest absolute Gasteiger partial charge is 0.384 e. The molecule has 4 atom stereocenters. The lowest BCUT2D eigenvalue weighted by Crippen LogP contribution is -2.63. The minimum Gasteiger partial charge on any atom is -0.384 e. The standard InChI is InChI=1S/C20H27N3O4/c1-26-12-16-17(15-6-11-27-18(15)16)22-19(24)13-4-9-23(10-5-13)20(25)14-2-7-21-8-3-14/h2-3,7-8,13,15-18H,4-6,9-12H2,1H3,(H,22,24)/t15-,16+,17+,18-/m1/s1. The fraction of sp³-hybridized carbons (Fsp3) is 0.650. The van der Waals surface area contributed by atoms with Crippen LogP contribution in [0.3, 0.4) is 0 Å². The lowest BCUT2D eigenvalue weighted by atomic mass is 9.67. The summed E-state index contributed by atoms with van der Waals surface area (Å²) in [5, 5.41) is 3.26. The average Bonchev–Trinajstić information content (AvgIpc) is 3.15. The number of nitrogens with one attached hydrogen (secondary N) is 1. The second-order valence-corrected chi connectivity index (χ2v) is 7.74. The normalized spacial score (nSPS) is 30.5. The third-order valence-corrected chi connectivity index (χ3v) is 6.28. The van der Waals surface area contributed by atoms with Gasteiger partial charge in [0.2, 0.25) is 5.91 Å². The van der Waals surface area contributed by atoms with Crippen molar-refractivity contribution in [1.29, 1.82) is 0 Å². The van der Waals surface area contributed by atoms with Crippen LogP contribution in [0.25, 0.3) is 0 Å². The first-order chi connectivity index (χ1) is 13.2. The molecule has 7 heteroatoms. The fourth-order valence-electron chi connectivity index (χ4n) is 4.74. The van der Waals surface area contributed by atoms with Gasteiger partial charge in [-0.2, -0.15) is 0 Å². The molecule has 3 heterocycles. The summed E-state index contributed by atoms with van der Waals surface area (Å²) in [5.41, 5.74) is 0.650. The van der Waals surface area contributed by atoms with Crippen molar-refractivity contribution in [3.8, 4) is 0 Å². The third-order valence-electron chi connectivity index (χ3n) is 6.28. The van der Waals surface area contributed by atoms with Crippen LogP contribution in [0.2, 0.25) is 0 Å². The second kappa shape index (κ2) is 7.94. The number of fused-ring (bicyclic) bond motifs is 1. The summed E-state index contributed by atoms with van der Waals surface area (Å²) in [7, 11) is 1.69. The Morgan fingerprint density at radius 1 is 1.26 bits per heavy atom. The van der Waals surface area contributed by atoms with Crippen LogP contribution < -0.4 is 5.32 Å². The van der Waals surface area contributed by atoms with Gasteiger partial charge in [-0.1, -0.05) is 0 Å². The number of aromatic nitrogens is 1. The van der Waals surface area contributed by atoms with E-state index in [1.54, 1.807) is 31.6 Å². The van der Waals surface area contributed by atoms with E-state index < -0.39 is 0 Å². The Bertz CT molecular complexity index is 675. The van der Waals surface area contributed by atoms with Crippen molar-refractivity contribution in [2.45, 2.75) is 31.4 Å².